The Morgan fingerprint density at radius 3 is 2.06 bits per heavy atom. The van der Waals surface area contributed by atoms with Crippen molar-refractivity contribution in [2.75, 3.05) is 7.11 Å². The normalized spacial score (nSPS) is 14.4. The van der Waals surface area contributed by atoms with E-state index in [9.17, 15) is 14.4 Å². The molecule has 0 saturated carbocycles. The fourth-order valence-electron chi connectivity index (χ4n) is 3.33. The van der Waals surface area contributed by atoms with Crippen LogP contribution in [0.4, 0.5) is 4.79 Å². The van der Waals surface area contributed by atoms with E-state index in [2.05, 4.69) is 10.6 Å². The number of methoxy groups -OCH3 is 1. The Balaban J connectivity index is 1.69. The van der Waals surface area contributed by atoms with Crippen LogP contribution in [-0.4, -0.2) is 37.2 Å². The van der Waals surface area contributed by atoms with E-state index < -0.39 is 30.1 Å². The zero-order valence-electron chi connectivity index (χ0n) is 17.8. The van der Waals surface area contributed by atoms with Crippen molar-refractivity contribution in [2.24, 2.45) is 5.92 Å². The predicted octanol–water partition coefficient (Wildman–Crippen LogP) is 2.92. The Bertz CT molecular complexity index is 960. The summed E-state index contributed by atoms with van der Waals surface area (Å²) in [6.07, 6.45) is 6.71. The molecule has 1 unspecified atom stereocenters. The van der Waals surface area contributed by atoms with Crippen LogP contribution >= 0.6 is 0 Å². The molecule has 7 heteroatoms. The number of nitrogens with one attached hydrogen (secondary N) is 2. The number of carbonyl (C=O) groups excluding carboxylic acids is 3. The van der Waals surface area contributed by atoms with Crippen LogP contribution in [0.3, 0.4) is 0 Å². The molecule has 1 aliphatic rings. The SMILES string of the molecule is COC(=O)C(NC(=O)[C@H](Cc1ccccc1)NC(=O)OCc1ccccc1)C1C=CC=C1. The molecule has 0 radical (unpaired) electrons. The van der Waals surface area contributed by atoms with Gasteiger partial charge in [-0.3, -0.25) is 4.79 Å². The van der Waals surface area contributed by atoms with Crippen molar-refractivity contribution in [1.29, 1.82) is 0 Å². The van der Waals surface area contributed by atoms with Crippen LogP contribution in [0.25, 0.3) is 0 Å². The molecule has 2 amide bonds. The second-order valence-electron chi connectivity index (χ2n) is 7.30. The van der Waals surface area contributed by atoms with E-state index in [1.165, 1.54) is 7.11 Å². The van der Waals surface area contributed by atoms with Crippen molar-refractivity contribution >= 4 is 18.0 Å². The molecule has 2 aromatic carbocycles. The molecular weight excluding hydrogens is 408 g/mol. The fraction of sp³-hybridized carbons (Fsp3) is 0.240. The molecule has 2 atom stereocenters. The Kier molecular flexibility index (Phi) is 8.20. The van der Waals surface area contributed by atoms with E-state index in [1.54, 1.807) is 24.3 Å². The summed E-state index contributed by atoms with van der Waals surface area (Å²) in [5.41, 5.74) is 1.68. The first-order valence-electron chi connectivity index (χ1n) is 10.3. The van der Waals surface area contributed by atoms with Crippen LogP contribution in [0.5, 0.6) is 0 Å². The van der Waals surface area contributed by atoms with E-state index in [4.69, 9.17) is 9.47 Å². The quantitative estimate of drug-likeness (QED) is 0.592. The van der Waals surface area contributed by atoms with Gasteiger partial charge in [0.15, 0.2) is 0 Å². The largest absolute Gasteiger partial charge is 0.467 e. The molecule has 1 aliphatic carbocycles. The number of carbonyl (C=O) groups is 3. The topological polar surface area (TPSA) is 93.7 Å². The van der Waals surface area contributed by atoms with Crippen molar-refractivity contribution in [1.82, 2.24) is 10.6 Å². The van der Waals surface area contributed by atoms with Gasteiger partial charge in [-0.15, -0.1) is 0 Å². The van der Waals surface area contributed by atoms with Crippen LogP contribution < -0.4 is 10.6 Å². The Morgan fingerprint density at radius 1 is 0.875 bits per heavy atom. The third kappa shape index (κ3) is 6.57. The number of hydrogen-bond donors (Lipinski definition) is 2. The Labute approximate surface area is 187 Å². The lowest BCUT2D eigenvalue weighted by Gasteiger charge is -2.24. The van der Waals surface area contributed by atoms with Gasteiger partial charge in [-0.2, -0.15) is 0 Å². The molecular formula is C25H26N2O5. The van der Waals surface area contributed by atoms with Crippen LogP contribution in [-0.2, 0) is 32.1 Å². The highest BCUT2D eigenvalue weighted by molar-refractivity contribution is 5.90. The molecule has 0 bridgehead atoms. The van der Waals surface area contributed by atoms with Gasteiger partial charge in [0.1, 0.15) is 18.7 Å². The Morgan fingerprint density at radius 2 is 1.47 bits per heavy atom. The minimum absolute atomic E-state index is 0.0782. The molecule has 0 aliphatic heterocycles. The maximum absolute atomic E-state index is 13.1. The van der Waals surface area contributed by atoms with Crippen LogP contribution in [0.1, 0.15) is 11.1 Å². The molecule has 3 rings (SSSR count). The summed E-state index contributed by atoms with van der Waals surface area (Å²) in [7, 11) is 1.27. The molecule has 32 heavy (non-hydrogen) atoms. The van der Waals surface area contributed by atoms with Crippen molar-refractivity contribution in [3.05, 3.63) is 96.1 Å². The lowest BCUT2D eigenvalue weighted by molar-refractivity contribution is -0.146. The summed E-state index contributed by atoms with van der Waals surface area (Å²) in [6, 6.07) is 16.7. The van der Waals surface area contributed by atoms with Crippen LogP contribution in [0, 0.1) is 5.92 Å². The van der Waals surface area contributed by atoms with Crippen molar-refractivity contribution in [3.63, 3.8) is 0 Å². The number of ether oxygens (including phenoxy) is 2. The minimum atomic E-state index is -0.942. The lowest BCUT2D eigenvalue weighted by atomic mass is 10.00. The molecule has 7 nitrogen and oxygen atoms in total. The number of alkyl carbamates (subject to hydrolysis) is 1. The van der Waals surface area contributed by atoms with Crippen LogP contribution in [0.15, 0.2) is 85.0 Å². The summed E-state index contributed by atoms with van der Waals surface area (Å²) in [4.78, 5) is 37.8. The molecule has 0 fully saturated rings. The van der Waals surface area contributed by atoms with Gasteiger partial charge < -0.3 is 20.1 Å². The fourth-order valence-corrected chi connectivity index (χ4v) is 3.33. The molecule has 2 N–H and O–H groups in total. The van der Waals surface area contributed by atoms with E-state index in [0.29, 0.717) is 0 Å². The smallest absolute Gasteiger partial charge is 0.408 e. The first kappa shape index (κ1) is 22.8. The third-order valence-electron chi connectivity index (χ3n) is 5.02. The monoisotopic (exact) mass is 434 g/mol. The van der Waals surface area contributed by atoms with E-state index in [1.807, 2.05) is 60.7 Å². The number of esters is 1. The van der Waals surface area contributed by atoms with E-state index in [-0.39, 0.29) is 18.9 Å². The number of amides is 2. The number of rotatable bonds is 9. The maximum Gasteiger partial charge on any atom is 0.408 e. The van der Waals surface area contributed by atoms with Gasteiger partial charge >= 0.3 is 12.1 Å². The van der Waals surface area contributed by atoms with E-state index >= 15 is 0 Å². The van der Waals surface area contributed by atoms with Crippen LogP contribution in [0.2, 0.25) is 0 Å². The molecule has 166 valence electrons. The zero-order chi connectivity index (χ0) is 22.8. The molecule has 2 aromatic rings. The lowest BCUT2D eigenvalue weighted by Crippen LogP contribution is -2.54. The van der Waals surface area contributed by atoms with Gasteiger partial charge in [-0.1, -0.05) is 85.0 Å². The van der Waals surface area contributed by atoms with Crippen molar-refractivity contribution in [3.8, 4) is 0 Å². The highest BCUT2D eigenvalue weighted by atomic mass is 16.5. The van der Waals surface area contributed by atoms with E-state index in [0.717, 1.165) is 11.1 Å². The molecule has 0 heterocycles. The summed E-state index contributed by atoms with van der Waals surface area (Å²) in [6.45, 7) is 0.0782. The van der Waals surface area contributed by atoms with Gasteiger partial charge in [-0.25, -0.2) is 9.59 Å². The van der Waals surface area contributed by atoms with Gasteiger partial charge in [0, 0.05) is 12.3 Å². The summed E-state index contributed by atoms with van der Waals surface area (Å²) in [5, 5.41) is 5.35. The first-order valence-corrected chi connectivity index (χ1v) is 10.3. The first-order chi connectivity index (χ1) is 15.6. The average molecular weight is 434 g/mol. The van der Waals surface area contributed by atoms with Gasteiger partial charge in [0.2, 0.25) is 5.91 Å². The van der Waals surface area contributed by atoms with Crippen molar-refractivity contribution < 1.29 is 23.9 Å². The second-order valence-corrected chi connectivity index (χ2v) is 7.30. The van der Waals surface area contributed by atoms with Gasteiger partial charge in [0.05, 0.1) is 7.11 Å². The summed E-state index contributed by atoms with van der Waals surface area (Å²) < 4.78 is 10.1. The maximum atomic E-state index is 13.1. The molecule has 0 aromatic heterocycles. The third-order valence-corrected chi connectivity index (χ3v) is 5.02. The van der Waals surface area contributed by atoms with Gasteiger partial charge in [-0.05, 0) is 11.1 Å². The standard InChI is InChI=1S/C25H26N2O5/c1-31-24(29)22(20-14-8-9-15-20)27-23(28)21(16-18-10-4-2-5-11-18)26-25(30)32-17-19-12-6-3-7-13-19/h2-15,20-22H,16-17H2,1H3,(H,26,30)(H,27,28)/t21-,22?/m0/s1. The average Bonchev–Trinajstić information content (AvgIpc) is 3.36. The molecule has 0 saturated heterocycles. The highest BCUT2D eigenvalue weighted by Gasteiger charge is 2.32. The Hall–Kier alpha value is -3.87. The highest BCUT2D eigenvalue weighted by Crippen LogP contribution is 2.16. The summed E-state index contributed by atoms with van der Waals surface area (Å²) in [5.74, 6) is -1.40. The number of benzene rings is 2. The van der Waals surface area contributed by atoms with Gasteiger partial charge in [0.25, 0.3) is 0 Å². The minimum Gasteiger partial charge on any atom is -0.467 e. The predicted molar refractivity (Wildman–Crippen MR) is 119 cm³/mol. The summed E-state index contributed by atoms with van der Waals surface area (Å²) >= 11 is 0. The number of hydrogen-bond acceptors (Lipinski definition) is 5. The second kappa shape index (κ2) is 11.5. The molecule has 0 spiro atoms. The number of allylic oxidation sites excluding steroid dienone is 2. The zero-order valence-corrected chi connectivity index (χ0v) is 17.8. The van der Waals surface area contributed by atoms with Crippen molar-refractivity contribution in [2.45, 2.75) is 25.1 Å².